The zero-order chi connectivity index (χ0) is 16.1. The molecule has 2 rings (SSSR count). The number of halogens is 1. The number of nitrogens with two attached hydrogens (primary N) is 1. The maximum atomic E-state index is 14.2. The van der Waals surface area contributed by atoms with E-state index >= 15 is 0 Å². The number of benzene rings is 2. The van der Waals surface area contributed by atoms with Gasteiger partial charge in [-0.05, 0) is 29.8 Å². The summed E-state index contributed by atoms with van der Waals surface area (Å²) < 4.78 is 24.5. The first-order chi connectivity index (χ1) is 10.5. The lowest BCUT2D eigenvalue weighted by Crippen LogP contribution is -2.07. The Morgan fingerprint density at radius 1 is 1.18 bits per heavy atom. The molecule has 2 aromatic carbocycles. The molecule has 0 aliphatic rings. The molecular formula is C16H18FNO4. The van der Waals surface area contributed by atoms with Gasteiger partial charge in [-0.3, -0.25) is 0 Å². The highest BCUT2D eigenvalue weighted by Gasteiger charge is 2.20. The van der Waals surface area contributed by atoms with Crippen molar-refractivity contribution in [1.82, 2.24) is 0 Å². The quantitative estimate of drug-likeness (QED) is 0.561. The minimum atomic E-state index is -1.98. The third-order valence-electron chi connectivity index (χ3n) is 3.18. The van der Waals surface area contributed by atoms with Crippen molar-refractivity contribution in [3.8, 4) is 11.5 Å². The van der Waals surface area contributed by atoms with Crippen LogP contribution in [0.25, 0.3) is 0 Å². The zero-order valence-corrected chi connectivity index (χ0v) is 12.1. The summed E-state index contributed by atoms with van der Waals surface area (Å²) in [5.41, 5.74) is 6.96. The van der Waals surface area contributed by atoms with Crippen molar-refractivity contribution in [1.29, 1.82) is 0 Å². The maximum absolute atomic E-state index is 14.2. The maximum Gasteiger partial charge on any atom is 0.185 e. The standard InChI is InChI=1S/C16H18FNO4/c1-21-12-5-6-13(15(17)14(12)16(19)20)22-8-7-10-3-2-4-11(18)9-10/h2-6,9,16,19-20H,7-8,18H2,1H3. The van der Waals surface area contributed by atoms with Crippen LogP contribution in [0.2, 0.25) is 0 Å². The monoisotopic (exact) mass is 307 g/mol. The fourth-order valence-corrected chi connectivity index (χ4v) is 2.11. The molecule has 22 heavy (non-hydrogen) atoms. The van der Waals surface area contributed by atoms with Crippen molar-refractivity contribution in [3.63, 3.8) is 0 Å². The molecule has 2 aromatic rings. The third-order valence-corrected chi connectivity index (χ3v) is 3.18. The van der Waals surface area contributed by atoms with E-state index in [2.05, 4.69) is 0 Å². The third kappa shape index (κ3) is 3.66. The first-order valence-electron chi connectivity index (χ1n) is 6.72. The van der Waals surface area contributed by atoms with Gasteiger partial charge in [0.2, 0.25) is 0 Å². The van der Waals surface area contributed by atoms with Crippen LogP contribution in [0, 0.1) is 5.82 Å². The van der Waals surface area contributed by atoms with E-state index in [0.717, 1.165) is 5.56 Å². The van der Waals surface area contributed by atoms with Crippen LogP contribution in [0.15, 0.2) is 36.4 Å². The van der Waals surface area contributed by atoms with E-state index in [1.807, 2.05) is 18.2 Å². The molecule has 6 heteroatoms. The van der Waals surface area contributed by atoms with E-state index in [1.165, 1.54) is 19.2 Å². The van der Waals surface area contributed by atoms with Gasteiger partial charge in [-0.2, -0.15) is 0 Å². The van der Waals surface area contributed by atoms with E-state index in [9.17, 15) is 14.6 Å². The number of aliphatic hydroxyl groups excluding tert-OH is 1. The van der Waals surface area contributed by atoms with E-state index in [-0.39, 0.29) is 23.7 Å². The van der Waals surface area contributed by atoms with Gasteiger partial charge < -0.3 is 25.4 Å². The van der Waals surface area contributed by atoms with Crippen LogP contribution in [-0.4, -0.2) is 23.9 Å². The summed E-state index contributed by atoms with van der Waals surface area (Å²) in [7, 11) is 1.32. The summed E-state index contributed by atoms with van der Waals surface area (Å²) in [6.45, 7) is 0.230. The molecule has 0 saturated heterocycles. The number of rotatable bonds is 6. The highest BCUT2D eigenvalue weighted by atomic mass is 19.1. The van der Waals surface area contributed by atoms with Gasteiger partial charge in [0.15, 0.2) is 17.9 Å². The fourth-order valence-electron chi connectivity index (χ4n) is 2.11. The van der Waals surface area contributed by atoms with Crippen molar-refractivity contribution in [2.24, 2.45) is 0 Å². The molecule has 118 valence electrons. The minimum absolute atomic E-state index is 0.0516. The SMILES string of the molecule is COc1ccc(OCCc2cccc(N)c2)c(F)c1C(O)O. The molecule has 0 spiro atoms. The summed E-state index contributed by atoms with van der Waals surface area (Å²) in [6, 6.07) is 10.1. The molecule has 0 saturated carbocycles. The van der Waals surface area contributed by atoms with Crippen LogP contribution in [0.5, 0.6) is 11.5 Å². The molecule has 0 aliphatic heterocycles. The van der Waals surface area contributed by atoms with Gasteiger partial charge in [0.1, 0.15) is 5.75 Å². The van der Waals surface area contributed by atoms with Crippen molar-refractivity contribution < 1.29 is 24.1 Å². The average Bonchev–Trinajstić information content (AvgIpc) is 2.48. The minimum Gasteiger partial charge on any atom is -0.496 e. The Labute approximate surface area is 127 Å². The molecule has 0 unspecified atom stereocenters. The van der Waals surface area contributed by atoms with Crippen molar-refractivity contribution in [2.45, 2.75) is 12.7 Å². The van der Waals surface area contributed by atoms with Gasteiger partial charge in [-0.15, -0.1) is 0 Å². The van der Waals surface area contributed by atoms with Gasteiger partial charge >= 0.3 is 0 Å². The second-order valence-electron chi connectivity index (χ2n) is 4.71. The van der Waals surface area contributed by atoms with Crippen molar-refractivity contribution in [3.05, 3.63) is 53.3 Å². The van der Waals surface area contributed by atoms with Gasteiger partial charge in [0.25, 0.3) is 0 Å². The summed E-state index contributed by atoms with van der Waals surface area (Å²) in [5, 5.41) is 18.5. The predicted molar refractivity (Wildman–Crippen MR) is 80.2 cm³/mol. The van der Waals surface area contributed by atoms with Gasteiger partial charge in [-0.25, -0.2) is 4.39 Å². The Hall–Kier alpha value is -2.31. The summed E-state index contributed by atoms with van der Waals surface area (Å²) in [6.07, 6.45) is -1.43. The normalized spacial score (nSPS) is 10.8. The number of ether oxygens (including phenoxy) is 2. The molecule has 0 fully saturated rings. The molecule has 4 N–H and O–H groups in total. The molecule has 0 aromatic heterocycles. The first kappa shape index (κ1) is 16.1. The molecule has 0 radical (unpaired) electrons. The summed E-state index contributed by atoms with van der Waals surface area (Å²) >= 11 is 0. The predicted octanol–water partition coefficient (Wildman–Crippen LogP) is 2.02. The number of aliphatic hydroxyl groups is 2. The van der Waals surface area contributed by atoms with Crippen LogP contribution in [-0.2, 0) is 6.42 Å². The topological polar surface area (TPSA) is 84.9 Å². The van der Waals surface area contributed by atoms with Crippen molar-refractivity contribution in [2.75, 3.05) is 19.5 Å². The Balaban J connectivity index is 2.08. The Kier molecular flexibility index (Phi) is 5.19. The molecule has 0 aliphatic carbocycles. The second-order valence-corrected chi connectivity index (χ2v) is 4.71. The van der Waals surface area contributed by atoms with Crippen LogP contribution in [0.3, 0.4) is 0 Å². The molecular weight excluding hydrogens is 289 g/mol. The van der Waals surface area contributed by atoms with E-state index in [4.69, 9.17) is 15.2 Å². The molecule has 5 nitrogen and oxygen atoms in total. The molecule has 0 bridgehead atoms. The van der Waals surface area contributed by atoms with Crippen LogP contribution < -0.4 is 15.2 Å². The first-order valence-corrected chi connectivity index (χ1v) is 6.72. The van der Waals surface area contributed by atoms with Crippen LogP contribution >= 0.6 is 0 Å². The smallest absolute Gasteiger partial charge is 0.185 e. The average molecular weight is 307 g/mol. The fraction of sp³-hybridized carbons (Fsp3) is 0.250. The highest BCUT2D eigenvalue weighted by Crippen LogP contribution is 2.32. The summed E-state index contributed by atoms with van der Waals surface area (Å²) in [5.74, 6) is -0.856. The van der Waals surface area contributed by atoms with E-state index in [1.54, 1.807) is 6.07 Å². The Bertz CT molecular complexity index is 646. The highest BCUT2D eigenvalue weighted by molar-refractivity contribution is 5.43. The lowest BCUT2D eigenvalue weighted by atomic mass is 10.1. The largest absolute Gasteiger partial charge is 0.496 e. The van der Waals surface area contributed by atoms with Crippen molar-refractivity contribution >= 4 is 5.69 Å². The van der Waals surface area contributed by atoms with Gasteiger partial charge in [0, 0.05) is 12.1 Å². The second kappa shape index (κ2) is 7.11. The van der Waals surface area contributed by atoms with E-state index in [0.29, 0.717) is 12.1 Å². The molecule has 0 atom stereocenters. The number of anilines is 1. The Morgan fingerprint density at radius 2 is 1.91 bits per heavy atom. The van der Waals surface area contributed by atoms with Gasteiger partial charge in [0.05, 0.1) is 19.3 Å². The van der Waals surface area contributed by atoms with Crippen LogP contribution in [0.4, 0.5) is 10.1 Å². The number of hydrogen-bond donors (Lipinski definition) is 3. The van der Waals surface area contributed by atoms with E-state index < -0.39 is 12.1 Å². The Morgan fingerprint density at radius 3 is 2.55 bits per heavy atom. The molecule has 0 heterocycles. The van der Waals surface area contributed by atoms with Crippen LogP contribution in [0.1, 0.15) is 17.4 Å². The summed E-state index contributed by atoms with van der Waals surface area (Å²) in [4.78, 5) is 0. The lowest BCUT2D eigenvalue weighted by Gasteiger charge is -2.15. The number of hydrogen-bond acceptors (Lipinski definition) is 5. The van der Waals surface area contributed by atoms with Gasteiger partial charge in [-0.1, -0.05) is 12.1 Å². The molecule has 0 amide bonds. The number of methoxy groups -OCH3 is 1. The zero-order valence-electron chi connectivity index (χ0n) is 12.1. The lowest BCUT2D eigenvalue weighted by molar-refractivity contribution is -0.0467. The number of nitrogen functional groups attached to an aromatic ring is 1.